The molecule has 10 aromatic rings. The van der Waals surface area contributed by atoms with Crippen molar-refractivity contribution in [3.63, 3.8) is 0 Å². The molecule has 0 atom stereocenters. The largest absolute Gasteiger partial charge is 0.458 e. The predicted octanol–water partition coefficient (Wildman–Crippen LogP) is 14.3. The van der Waals surface area contributed by atoms with Crippen molar-refractivity contribution in [2.24, 2.45) is 9.98 Å². The van der Waals surface area contributed by atoms with Crippen LogP contribution in [0.15, 0.2) is 168 Å². The van der Waals surface area contributed by atoms with Gasteiger partial charge in [-0.2, -0.15) is 21.0 Å². The SMILES string of the molecule is N#CC(C#N)=Nc1ccc(-c2cc3c(s2)-c2sc4c5c(sc4c2C(C(=O)OCc2ccccc2)(C(=O)OCc2ccccc2)O3)-c2sc(-c3ccc(N=C(C#N)C#N)s3)cc2OC5(C(=O)OCc2ccccc2)C(=O)OCc2ccccc2)s1. The Bertz CT molecular complexity index is 4060. The first kappa shape index (κ1) is 54.7. The average Bonchev–Trinajstić information content (AvgIpc) is 1.83. The van der Waals surface area contributed by atoms with Crippen molar-refractivity contribution in [2.75, 3.05) is 0 Å². The highest BCUT2D eigenvalue weighted by Gasteiger charge is 2.64. The number of aliphatic imine (C=N–C) groups is 2. The van der Waals surface area contributed by atoms with E-state index in [0.717, 1.165) is 22.7 Å². The molecule has 2 aliphatic heterocycles. The summed E-state index contributed by atoms with van der Waals surface area (Å²) in [5.74, 6) is -4.30. The lowest BCUT2D eigenvalue weighted by molar-refractivity contribution is -0.184. The van der Waals surface area contributed by atoms with Gasteiger partial charge in [0.15, 0.2) is 0 Å². The molecule has 2 aliphatic rings. The van der Waals surface area contributed by atoms with Gasteiger partial charge in [-0.05, 0) is 46.5 Å². The number of hydrogen-bond acceptors (Lipinski definition) is 22. The molecular weight excluding hydrogens is 1180 g/mol. The summed E-state index contributed by atoms with van der Waals surface area (Å²) in [5, 5.41) is 38.7. The van der Waals surface area contributed by atoms with Gasteiger partial charge < -0.3 is 28.4 Å². The van der Waals surface area contributed by atoms with E-state index in [1.807, 2.05) is 24.3 Å². The van der Waals surface area contributed by atoms with Crippen molar-refractivity contribution in [1.29, 1.82) is 21.0 Å². The van der Waals surface area contributed by atoms with Crippen LogP contribution in [0.3, 0.4) is 0 Å². The first-order chi connectivity index (χ1) is 41.0. The van der Waals surface area contributed by atoms with E-state index in [2.05, 4.69) is 9.98 Å². The Morgan fingerprint density at radius 3 is 1.00 bits per heavy atom. The smallest absolute Gasteiger partial charge is 0.367 e. The van der Waals surface area contributed by atoms with Gasteiger partial charge in [-0.15, -0.1) is 68.0 Å². The fourth-order valence-electron chi connectivity index (χ4n) is 9.24. The highest BCUT2D eigenvalue weighted by atomic mass is 32.1. The zero-order chi connectivity index (χ0) is 58.0. The number of nitriles is 4. The Hall–Kier alpha value is -9.88. The molecule has 0 N–H and O–H groups in total. The first-order valence-electron chi connectivity index (χ1n) is 25.1. The molecule has 84 heavy (non-hydrogen) atoms. The fraction of sp³-hybridized carbons (Fsp3) is 0.0968. The second-order valence-electron chi connectivity index (χ2n) is 18.3. The lowest BCUT2D eigenvalue weighted by atomic mass is 9.88. The fourth-order valence-corrected chi connectivity index (χ4v) is 16.7. The molecule has 0 saturated carbocycles. The van der Waals surface area contributed by atoms with Crippen LogP contribution in [0.4, 0.5) is 10.0 Å². The Labute approximate surface area is 501 Å². The van der Waals surface area contributed by atoms with Crippen LogP contribution in [-0.2, 0) is 75.8 Å². The second-order valence-corrected chi connectivity index (χ2v) is 24.6. The van der Waals surface area contributed by atoms with Gasteiger partial charge in [0.1, 0.15) is 72.2 Å². The number of fused-ring (bicyclic) bond motifs is 9. The average molecular weight is 1220 g/mol. The number of esters is 4. The molecule has 0 bridgehead atoms. The van der Waals surface area contributed by atoms with E-state index in [1.165, 1.54) is 45.3 Å². The van der Waals surface area contributed by atoms with Crippen LogP contribution in [0.2, 0.25) is 0 Å². The number of rotatable bonds is 16. The van der Waals surface area contributed by atoms with Crippen LogP contribution >= 0.6 is 68.0 Å². The summed E-state index contributed by atoms with van der Waals surface area (Å²) in [4.78, 5) is 75.2. The van der Waals surface area contributed by atoms with Gasteiger partial charge in [0.2, 0.25) is 11.4 Å². The number of ether oxygens (including phenoxy) is 6. The van der Waals surface area contributed by atoms with Crippen LogP contribution in [-0.4, -0.2) is 35.3 Å². The standard InChI is InChI=1S/C62H34N6O10S6/c63-27-39(28-64)67-47-23-21-43(79-47)45-25-41-51(81-45)53-49(61(77-41,57(69)73-31-35-13-5-1-6-14-35)58(70)74-32-36-15-7-2-8-16-36)55-56(83-53)50-54(84-55)52-42(26-46(82-52)44-22-24-48(80-44)68-40(29-65)30-66)78-62(50,59(71)75-33-37-17-9-3-10-18-37)60(72)76-34-38-19-11-4-12-20-38/h1-26H,31-34H2. The predicted molar refractivity (Wildman–Crippen MR) is 319 cm³/mol. The molecule has 0 unspecified atom stereocenters. The number of carbonyl (C=O) groups is 4. The normalized spacial score (nSPS) is 12.8. The Morgan fingerprint density at radius 2 is 0.702 bits per heavy atom. The number of carbonyl (C=O) groups excluding carboxylic acids is 4. The van der Waals surface area contributed by atoms with Crippen LogP contribution in [0, 0.1) is 45.3 Å². The molecule has 0 radical (unpaired) electrons. The van der Waals surface area contributed by atoms with E-state index in [0.29, 0.717) is 71.3 Å². The summed E-state index contributed by atoms with van der Waals surface area (Å²) in [7, 11) is 0. The van der Waals surface area contributed by atoms with Crippen molar-refractivity contribution in [3.8, 4) is 74.8 Å². The summed E-state index contributed by atoms with van der Waals surface area (Å²) in [6.45, 7) is -1.12. The third-order valence-corrected chi connectivity index (χ3v) is 20.6. The zero-order valence-electron chi connectivity index (χ0n) is 43.1. The maximum Gasteiger partial charge on any atom is 0.367 e. The molecule has 0 saturated heterocycles. The highest BCUT2D eigenvalue weighted by Crippen LogP contribution is 2.65. The van der Waals surface area contributed by atoms with Crippen molar-refractivity contribution in [2.45, 2.75) is 37.6 Å². The Morgan fingerprint density at radius 1 is 0.393 bits per heavy atom. The van der Waals surface area contributed by atoms with Crippen LogP contribution in [0.5, 0.6) is 11.5 Å². The van der Waals surface area contributed by atoms with E-state index in [-0.39, 0.29) is 69.9 Å². The molecule has 0 amide bonds. The van der Waals surface area contributed by atoms with Crippen molar-refractivity contribution < 1.29 is 47.6 Å². The molecule has 6 aromatic heterocycles. The molecule has 0 spiro atoms. The van der Waals surface area contributed by atoms with E-state index in [9.17, 15) is 21.0 Å². The summed E-state index contributed by atoms with van der Waals surface area (Å²) < 4.78 is 39.1. The van der Waals surface area contributed by atoms with E-state index < -0.39 is 35.1 Å². The van der Waals surface area contributed by atoms with Crippen molar-refractivity contribution in [1.82, 2.24) is 0 Å². The van der Waals surface area contributed by atoms with Crippen LogP contribution < -0.4 is 9.47 Å². The molecule has 408 valence electrons. The third kappa shape index (κ3) is 10.1. The minimum atomic E-state index is -2.72. The summed E-state index contributed by atoms with van der Waals surface area (Å²) in [5.41, 5.74) is -3.65. The number of hydrogen-bond donors (Lipinski definition) is 0. The van der Waals surface area contributed by atoms with E-state index >= 15 is 19.2 Å². The molecular formula is C62H34N6O10S6. The summed E-state index contributed by atoms with van der Waals surface area (Å²) in [6.07, 6.45) is 0. The quantitative estimate of drug-likeness (QED) is 0.0378. The lowest BCUT2D eigenvalue weighted by Crippen LogP contribution is -2.52. The topological polar surface area (TPSA) is 244 Å². The minimum absolute atomic E-state index is 0.0251. The molecule has 22 heteroatoms. The Kier molecular flexibility index (Phi) is 15.1. The summed E-state index contributed by atoms with van der Waals surface area (Å²) >= 11 is 7.08. The number of nitrogens with zero attached hydrogens (tertiary/aromatic N) is 6. The number of thiophene rings is 6. The van der Waals surface area contributed by atoms with E-state index in [4.69, 9.17) is 28.4 Å². The third-order valence-electron chi connectivity index (χ3n) is 13.1. The maximum absolute atomic E-state index is 15.7. The van der Waals surface area contributed by atoms with Crippen LogP contribution in [0.1, 0.15) is 33.4 Å². The van der Waals surface area contributed by atoms with Gasteiger partial charge in [-0.3, -0.25) is 0 Å². The summed E-state index contributed by atoms with van der Waals surface area (Å²) in [6, 6.07) is 52.8. The monoisotopic (exact) mass is 1210 g/mol. The molecule has 0 aliphatic carbocycles. The van der Waals surface area contributed by atoms with Crippen LogP contribution in [0.25, 0.3) is 48.4 Å². The van der Waals surface area contributed by atoms with Gasteiger partial charge in [0.05, 0.1) is 40.0 Å². The zero-order valence-corrected chi connectivity index (χ0v) is 48.0. The Balaban J connectivity index is 1.11. The van der Waals surface area contributed by atoms with Gasteiger partial charge in [-0.25, -0.2) is 29.2 Å². The molecule has 8 heterocycles. The van der Waals surface area contributed by atoms with Crippen molar-refractivity contribution in [3.05, 3.63) is 191 Å². The van der Waals surface area contributed by atoms with Gasteiger partial charge >= 0.3 is 35.1 Å². The highest BCUT2D eigenvalue weighted by molar-refractivity contribution is 7.35. The minimum Gasteiger partial charge on any atom is -0.458 e. The van der Waals surface area contributed by atoms with E-state index in [1.54, 1.807) is 158 Å². The maximum atomic E-state index is 15.7. The number of benzene rings is 4. The second kappa shape index (κ2) is 23.2. The molecule has 12 rings (SSSR count). The molecule has 0 fully saturated rings. The van der Waals surface area contributed by atoms with Crippen molar-refractivity contribution >= 4 is 123 Å². The van der Waals surface area contributed by atoms with Gasteiger partial charge in [0, 0.05) is 31.6 Å². The lowest BCUT2D eigenvalue weighted by Gasteiger charge is -2.33. The van der Waals surface area contributed by atoms with Gasteiger partial charge in [-0.1, -0.05) is 121 Å². The van der Waals surface area contributed by atoms with Gasteiger partial charge in [0.25, 0.3) is 0 Å². The molecule has 4 aromatic carbocycles. The first-order valence-corrected chi connectivity index (χ1v) is 30.0. The molecule has 16 nitrogen and oxygen atoms in total.